The minimum absolute atomic E-state index is 0.263. The Labute approximate surface area is 178 Å². The van der Waals surface area contributed by atoms with Gasteiger partial charge in [-0.15, -0.1) is 29.7 Å². The number of hydroxylamine groups is 1. The molecule has 0 radical (unpaired) electrons. The highest BCUT2D eigenvalue weighted by atomic mass is 32.2. The van der Waals surface area contributed by atoms with E-state index < -0.39 is 0 Å². The summed E-state index contributed by atoms with van der Waals surface area (Å²) in [6, 6.07) is 11.6. The number of carbonyl (C=O) groups excluding carboxylic acids is 2. The summed E-state index contributed by atoms with van der Waals surface area (Å²) in [7, 11) is 0. The summed E-state index contributed by atoms with van der Waals surface area (Å²) in [5, 5.41) is 14.5. The number of anilines is 1. The van der Waals surface area contributed by atoms with Crippen molar-refractivity contribution in [1.82, 2.24) is 10.8 Å². The van der Waals surface area contributed by atoms with Crippen LogP contribution in [0.5, 0.6) is 0 Å². The zero-order valence-electron chi connectivity index (χ0n) is 16.1. The molecule has 0 spiro atoms. The van der Waals surface area contributed by atoms with Gasteiger partial charge in [-0.1, -0.05) is 24.6 Å². The van der Waals surface area contributed by atoms with Gasteiger partial charge in [0.2, 0.25) is 5.91 Å². The lowest BCUT2D eigenvalue weighted by atomic mass is 9.94. The van der Waals surface area contributed by atoms with Crippen LogP contribution in [0.4, 0.5) is 10.5 Å². The number of hydrogen-bond acceptors (Lipinski definition) is 5. The zero-order chi connectivity index (χ0) is 20.7. The minimum Gasteiger partial charge on any atom is -0.334 e. The standard InChI is InChI=1S/C21H25N3O3S2/c1-2-11-22-20(26)23-16-7-5-6-15(13-16)17-8-9-18(29-17)21(14-19(25)24-27)10-3-4-12-28-21/h2,5-9,13,27H,1,3-4,10-12,14H2,(H,24,25)(H2,22,23,26)/t21-/m0/s1. The van der Waals surface area contributed by atoms with E-state index in [2.05, 4.69) is 29.3 Å². The number of thioether (sulfide) groups is 1. The van der Waals surface area contributed by atoms with Crippen molar-refractivity contribution in [3.8, 4) is 10.4 Å². The number of hydrogen-bond donors (Lipinski definition) is 4. The summed E-state index contributed by atoms with van der Waals surface area (Å²) in [5.41, 5.74) is 3.50. The van der Waals surface area contributed by atoms with E-state index >= 15 is 0 Å². The molecule has 1 aromatic carbocycles. The number of urea groups is 1. The molecule has 8 heteroatoms. The first-order chi connectivity index (χ1) is 14.1. The summed E-state index contributed by atoms with van der Waals surface area (Å²) in [5.74, 6) is 0.650. The minimum atomic E-state index is -0.355. The van der Waals surface area contributed by atoms with E-state index in [0.717, 1.165) is 40.3 Å². The molecular weight excluding hydrogens is 406 g/mol. The molecule has 6 nitrogen and oxygen atoms in total. The Balaban J connectivity index is 1.81. The lowest BCUT2D eigenvalue weighted by molar-refractivity contribution is -0.129. The molecule has 0 unspecified atom stereocenters. The van der Waals surface area contributed by atoms with Crippen molar-refractivity contribution in [2.75, 3.05) is 17.6 Å². The molecule has 3 rings (SSSR count). The summed E-state index contributed by atoms with van der Waals surface area (Å²) in [6.07, 6.45) is 5.01. The number of benzene rings is 1. The van der Waals surface area contributed by atoms with Crippen molar-refractivity contribution >= 4 is 40.7 Å². The molecule has 154 valence electrons. The van der Waals surface area contributed by atoms with E-state index in [1.54, 1.807) is 34.7 Å². The highest BCUT2D eigenvalue weighted by molar-refractivity contribution is 8.00. The van der Waals surface area contributed by atoms with Crippen LogP contribution in [0.15, 0.2) is 49.1 Å². The molecule has 2 heterocycles. The van der Waals surface area contributed by atoms with Gasteiger partial charge in [0.05, 0.1) is 4.75 Å². The maximum absolute atomic E-state index is 11.9. The number of rotatable bonds is 7. The van der Waals surface area contributed by atoms with Crippen molar-refractivity contribution in [3.63, 3.8) is 0 Å². The first kappa shape index (κ1) is 21.4. The van der Waals surface area contributed by atoms with Crippen LogP contribution in [0, 0.1) is 0 Å². The largest absolute Gasteiger partial charge is 0.334 e. The summed E-state index contributed by atoms with van der Waals surface area (Å²) < 4.78 is -0.297. The van der Waals surface area contributed by atoms with Crippen LogP contribution in [0.1, 0.15) is 30.6 Å². The number of thiophene rings is 1. The predicted octanol–water partition coefficient (Wildman–Crippen LogP) is 4.73. The van der Waals surface area contributed by atoms with Gasteiger partial charge in [-0.3, -0.25) is 10.0 Å². The molecule has 1 aromatic heterocycles. The molecular formula is C21H25N3O3S2. The van der Waals surface area contributed by atoms with Gasteiger partial charge < -0.3 is 10.6 Å². The van der Waals surface area contributed by atoms with Crippen LogP contribution in [0.3, 0.4) is 0 Å². The Hall–Kier alpha value is -2.29. The van der Waals surface area contributed by atoms with Crippen molar-refractivity contribution < 1.29 is 14.8 Å². The number of carbonyl (C=O) groups is 2. The predicted molar refractivity (Wildman–Crippen MR) is 120 cm³/mol. The molecule has 1 aliphatic heterocycles. The van der Waals surface area contributed by atoms with E-state index in [0.29, 0.717) is 12.2 Å². The molecule has 3 amide bonds. The van der Waals surface area contributed by atoms with E-state index in [1.165, 1.54) is 0 Å². The van der Waals surface area contributed by atoms with E-state index in [4.69, 9.17) is 5.21 Å². The van der Waals surface area contributed by atoms with E-state index in [-0.39, 0.29) is 23.1 Å². The Morgan fingerprint density at radius 1 is 1.24 bits per heavy atom. The van der Waals surface area contributed by atoms with Crippen molar-refractivity contribution in [2.45, 2.75) is 30.4 Å². The molecule has 1 atom stereocenters. The second-order valence-corrected chi connectivity index (χ2v) is 9.44. The lowest BCUT2D eigenvalue weighted by Gasteiger charge is -2.35. The van der Waals surface area contributed by atoms with Crippen LogP contribution in [-0.4, -0.2) is 29.4 Å². The monoisotopic (exact) mass is 431 g/mol. The molecule has 1 saturated heterocycles. The van der Waals surface area contributed by atoms with Gasteiger partial charge in [0.15, 0.2) is 0 Å². The third kappa shape index (κ3) is 5.41. The van der Waals surface area contributed by atoms with Gasteiger partial charge in [-0.05, 0) is 48.4 Å². The Bertz CT molecular complexity index is 876. The van der Waals surface area contributed by atoms with Gasteiger partial charge in [-0.25, -0.2) is 10.3 Å². The fourth-order valence-corrected chi connectivity index (χ4v) is 6.29. The maximum Gasteiger partial charge on any atom is 0.319 e. The van der Waals surface area contributed by atoms with Crippen LogP contribution >= 0.6 is 23.1 Å². The molecule has 1 fully saturated rings. The summed E-state index contributed by atoms with van der Waals surface area (Å²) in [4.78, 5) is 26.0. The Kier molecular flexibility index (Phi) is 7.35. The summed E-state index contributed by atoms with van der Waals surface area (Å²) in [6.45, 7) is 3.99. The first-order valence-electron chi connectivity index (χ1n) is 9.50. The topological polar surface area (TPSA) is 90.5 Å². The first-order valence-corrected chi connectivity index (χ1v) is 11.3. The Morgan fingerprint density at radius 3 is 2.83 bits per heavy atom. The average Bonchev–Trinajstić information content (AvgIpc) is 3.24. The van der Waals surface area contributed by atoms with Crippen molar-refractivity contribution in [2.24, 2.45) is 0 Å². The summed E-state index contributed by atoms with van der Waals surface area (Å²) >= 11 is 3.46. The van der Waals surface area contributed by atoms with Crippen LogP contribution in [0.2, 0.25) is 0 Å². The van der Waals surface area contributed by atoms with Gasteiger partial charge in [-0.2, -0.15) is 0 Å². The third-order valence-corrected chi connectivity index (χ3v) is 7.87. The molecule has 0 saturated carbocycles. The SMILES string of the molecule is C=CCNC(=O)Nc1cccc(-c2ccc([C@@]3(CC(=O)NO)CCCCS3)s2)c1. The van der Waals surface area contributed by atoms with Gasteiger partial charge in [0, 0.05) is 28.4 Å². The highest BCUT2D eigenvalue weighted by Crippen LogP contribution is 2.50. The van der Waals surface area contributed by atoms with Gasteiger partial charge in [0.25, 0.3) is 0 Å². The molecule has 4 N–H and O–H groups in total. The van der Waals surface area contributed by atoms with E-state index in [9.17, 15) is 9.59 Å². The van der Waals surface area contributed by atoms with Crippen LogP contribution < -0.4 is 16.1 Å². The fraction of sp³-hybridized carbons (Fsp3) is 0.333. The fourth-order valence-electron chi connectivity index (χ4n) is 3.40. The smallest absolute Gasteiger partial charge is 0.319 e. The van der Waals surface area contributed by atoms with Crippen molar-refractivity contribution in [3.05, 3.63) is 53.9 Å². The lowest BCUT2D eigenvalue weighted by Crippen LogP contribution is -2.32. The van der Waals surface area contributed by atoms with Crippen LogP contribution in [0.25, 0.3) is 10.4 Å². The zero-order valence-corrected chi connectivity index (χ0v) is 17.7. The average molecular weight is 432 g/mol. The quantitative estimate of drug-likeness (QED) is 0.290. The van der Waals surface area contributed by atoms with E-state index in [1.807, 2.05) is 24.3 Å². The highest BCUT2D eigenvalue weighted by Gasteiger charge is 2.38. The molecule has 2 aromatic rings. The molecule has 29 heavy (non-hydrogen) atoms. The van der Waals surface area contributed by atoms with Crippen molar-refractivity contribution in [1.29, 1.82) is 0 Å². The maximum atomic E-state index is 11.9. The normalized spacial score (nSPS) is 18.7. The second-order valence-electron chi connectivity index (χ2n) is 6.88. The van der Waals surface area contributed by atoms with Gasteiger partial charge >= 0.3 is 6.03 Å². The third-order valence-electron chi connectivity index (χ3n) is 4.79. The number of nitrogens with one attached hydrogen (secondary N) is 3. The number of amides is 3. The molecule has 1 aliphatic rings. The second kappa shape index (κ2) is 9.96. The Morgan fingerprint density at radius 2 is 2.10 bits per heavy atom. The van der Waals surface area contributed by atoms with Crippen LogP contribution in [-0.2, 0) is 9.54 Å². The van der Waals surface area contributed by atoms with Gasteiger partial charge in [0.1, 0.15) is 0 Å². The molecule has 0 bridgehead atoms. The molecule has 0 aliphatic carbocycles.